The summed E-state index contributed by atoms with van der Waals surface area (Å²) < 4.78 is 4.72. The Balaban J connectivity index is 2.48. The summed E-state index contributed by atoms with van der Waals surface area (Å²) in [5, 5.41) is 9.04. The number of carbonyl (C=O) groups is 1. The Morgan fingerprint density at radius 2 is 2.15 bits per heavy atom. The molecule has 76 valence electrons. The zero-order chi connectivity index (χ0) is 9.68. The fraction of sp³-hybridized carbons (Fsp3) is 0.900. The van der Waals surface area contributed by atoms with E-state index in [4.69, 9.17) is 9.84 Å². The van der Waals surface area contributed by atoms with Crippen LogP contribution in [0.1, 0.15) is 32.1 Å². The Kier molecular flexibility index (Phi) is 4.22. The molecule has 0 aromatic rings. The van der Waals surface area contributed by atoms with Crippen molar-refractivity contribution in [2.75, 3.05) is 13.7 Å². The summed E-state index contributed by atoms with van der Waals surface area (Å²) in [7, 11) is 1.43. The first-order chi connectivity index (χ1) is 6.27. The maximum Gasteiger partial charge on any atom is 0.308 e. The molecule has 0 radical (unpaired) electrons. The molecule has 1 aliphatic carbocycles. The van der Waals surface area contributed by atoms with Gasteiger partial charge >= 0.3 is 5.97 Å². The summed E-state index contributed by atoms with van der Waals surface area (Å²) in [6.45, 7) is 0.202. The van der Waals surface area contributed by atoms with Crippen molar-refractivity contribution in [3.8, 4) is 0 Å². The fourth-order valence-corrected chi connectivity index (χ4v) is 2.01. The quantitative estimate of drug-likeness (QED) is 0.523. The summed E-state index contributed by atoms with van der Waals surface area (Å²) in [5.41, 5.74) is 0. The van der Waals surface area contributed by atoms with Crippen LogP contribution >= 0.6 is 0 Å². The number of aliphatic hydroxyl groups excluding tert-OH is 1. The van der Waals surface area contributed by atoms with E-state index in [-0.39, 0.29) is 18.5 Å². The molecular weight excluding hydrogens is 168 g/mol. The van der Waals surface area contributed by atoms with Crippen molar-refractivity contribution in [2.45, 2.75) is 32.1 Å². The van der Waals surface area contributed by atoms with Gasteiger partial charge in [-0.25, -0.2) is 0 Å². The number of methoxy groups -OCH3 is 1. The molecule has 0 aliphatic heterocycles. The monoisotopic (exact) mass is 186 g/mol. The molecule has 0 amide bonds. The third kappa shape index (κ3) is 2.99. The van der Waals surface area contributed by atoms with Crippen LogP contribution in [0.5, 0.6) is 0 Å². The van der Waals surface area contributed by atoms with Crippen molar-refractivity contribution in [3.05, 3.63) is 0 Å². The maximum atomic E-state index is 11.3. The van der Waals surface area contributed by atoms with E-state index in [9.17, 15) is 4.79 Å². The lowest BCUT2D eigenvalue weighted by molar-refractivity contribution is -0.146. The van der Waals surface area contributed by atoms with Crippen LogP contribution in [0, 0.1) is 11.8 Å². The second-order valence-electron chi connectivity index (χ2n) is 3.79. The Bertz CT molecular complexity index is 168. The second-order valence-corrected chi connectivity index (χ2v) is 3.79. The molecule has 0 aromatic heterocycles. The van der Waals surface area contributed by atoms with E-state index in [0.717, 1.165) is 32.1 Å². The van der Waals surface area contributed by atoms with Crippen molar-refractivity contribution in [1.29, 1.82) is 0 Å². The molecule has 0 saturated heterocycles. The van der Waals surface area contributed by atoms with E-state index in [1.165, 1.54) is 7.11 Å². The van der Waals surface area contributed by atoms with Crippen LogP contribution in [0.3, 0.4) is 0 Å². The normalized spacial score (nSPS) is 29.4. The van der Waals surface area contributed by atoms with Crippen molar-refractivity contribution in [1.82, 2.24) is 0 Å². The maximum absolute atomic E-state index is 11.3. The molecule has 13 heavy (non-hydrogen) atoms. The molecule has 1 aliphatic rings. The molecule has 0 heterocycles. The van der Waals surface area contributed by atoms with Gasteiger partial charge in [-0.15, -0.1) is 0 Å². The van der Waals surface area contributed by atoms with Crippen LogP contribution in [-0.2, 0) is 9.53 Å². The van der Waals surface area contributed by atoms with Gasteiger partial charge in [0, 0.05) is 6.61 Å². The molecule has 3 heteroatoms. The van der Waals surface area contributed by atoms with Gasteiger partial charge in [0.15, 0.2) is 0 Å². The van der Waals surface area contributed by atoms with E-state index in [2.05, 4.69) is 0 Å². The molecule has 3 nitrogen and oxygen atoms in total. The van der Waals surface area contributed by atoms with E-state index in [1.807, 2.05) is 0 Å². The number of ether oxygens (including phenoxy) is 1. The van der Waals surface area contributed by atoms with Crippen LogP contribution in [-0.4, -0.2) is 24.8 Å². The van der Waals surface area contributed by atoms with Gasteiger partial charge in [-0.1, -0.05) is 12.8 Å². The lowest BCUT2D eigenvalue weighted by Crippen LogP contribution is -2.19. The smallest absolute Gasteiger partial charge is 0.308 e. The first kappa shape index (κ1) is 10.5. The van der Waals surface area contributed by atoms with Gasteiger partial charge in [0.1, 0.15) is 0 Å². The molecule has 1 fully saturated rings. The first-order valence-electron chi connectivity index (χ1n) is 4.96. The fourth-order valence-electron chi connectivity index (χ4n) is 2.01. The minimum Gasteiger partial charge on any atom is -0.469 e. The number of rotatable bonds is 2. The molecule has 2 atom stereocenters. The predicted octanol–water partition coefficient (Wildman–Crippen LogP) is 1.35. The van der Waals surface area contributed by atoms with Gasteiger partial charge in [-0.3, -0.25) is 4.79 Å². The van der Waals surface area contributed by atoms with Crippen molar-refractivity contribution < 1.29 is 14.6 Å². The highest BCUT2D eigenvalue weighted by Crippen LogP contribution is 2.27. The number of hydrogen-bond acceptors (Lipinski definition) is 3. The lowest BCUT2D eigenvalue weighted by Gasteiger charge is -2.15. The average Bonchev–Trinajstić information content (AvgIpc) is 2.41. The van der Waals surface area contributed by atoms with Crippen molar-refractivity contribution in [2.24, 2.45) is 11.8 Å². The van der Waals surface area contributed by atoms with E-state index >= 15 is 0 Å². The number of carbonyl (C=O) groups excluding carboxylic acids is 1. The molecule has 1 N–H and O–H groups in total. The highest BCUT2D eigenvalue weighted by Gasteiger charge is 2.25. The predicted molar refractivity (Wildman–Crippen MR) is 49.2 cm³/mol. The third-order valence-corrected chi connectivity index (χ3v) is 2.83. The topological polar surface area (TPSA) is 46.5 Å². The number of aliphatic hydroxyl groups is 1. The highest BCUT2D eigenvalue weighted by molar-refractivity contribution is 5.72. The Morgan fingerprint density at radius 1 is 1.46 bits per heavy atom. The van der Waals surface area contributed by atoms with E-state index in [0.29, 0.717) is 5.92 Å². The third-order valence-electron chi connectivity index (χ3n) is 2.83. The molecule has 0 bridgehead atoms. The van der Waals surface area contributed by atoms with Crippen LogP contribution in [0.15, 0.2) is 0 Å². The minimum absolute atomic E-state index is 0.0182. The molecule has 2 unspecified atom stereocenters. The van der Waals surface area contributed by atoms with Crippen LogP contribution in [0.2, 0.25) is 0 Å². The van der Waals surface area contributed by atoms with E-state index < -0.39 is 0 Å². The van der Waals surface area contributed by atoms with Gasteiger partial charge in [0.25, 0.3) is 0 Å². The van der Waals surface area contributed by atoms with Gasteiger partial charge in [-0.05, 0) is 25.2 Å². The van der Waals surface area contributed by atoms with Crippen molar-refractivity contribution in [3.63, 3.8) is 0 Å². The van der Waals surface area contributed by atoms with Crippen LogP contribution < -0.4 is 0 Å². The molecule has 0 aromatic carbocycles. The lowest BCUT2D eigenvalue weighted by atomic mass is 9.94. The summed E-state index contributed by atoms with van der Waals surface area (Å²) in [6, 6.07) is 0. The van der Waals surface area contributed by atoms with Gasteiger partial charge < -0.3 is 9.84 Å². The SMILES string of the molecule is COC(=O)C1CCCCC(CO)C1. The van der Waals surface area contributed by atoms with Gasteiger partial charge in [0.2, 0.25) is 0 Å². The summed E-state index contributed by atoms with van der Waals surface area (Å²) in [4.78, 5) is 11.3. The number of esters is 1. The van der Waals surface area contributed by atoms with Gasteiger partial charge in [0.05, 0.1) is 13.0 Å². The summed E-state index contributed by atoms with van der Waals surface area (Å²) in [5.74, 6) is 0.205. The summed E-state index contributed by atoms with van der Waals surface area (Å²) in [6.07, 6.45) is 4.96. The zero-order valence-corrected chi connectivity index (χ0v) is 8.16. The Morgan fingerprint density at radius 3 is 2.77 bits per heavy atom. The molecule has 1 saturated carbocycles. The Hall–Kier alpha value is -0.570. The Labute approximate surface area is 79.1 Å². The van der Waals surface area contributed by atoms with Crippen LogP contribution in [0.4, 0.5) is 0 Å². The summed E-state index contributed by atoms with van der Waals surface area (Å²) >= 11 is 0. The first-order valence-corrected chi connectivity index (χ1v) is 4.96. The highest BCUT2D eigenvalue weighted by atomic mass is 16.5. The average molecular weight is 186 g/mol. The molecular formula is C10H18O3. The van der Waals surface area contributed by atoms with E-state index in [1.54, 1.807) is 0 Å². The number of hydrogen-bond donors (Lipinski definition) is 1. The molecule has 1 rings (SSSR count). The minimum atomic E-state index is -0.111. The standard InChI is InChI=1S/C10H18O3/c1-13-10(12)9-5-3-2-4-8(6-9)7-11/h8-9,11H,2-7H2,1H3. The van der Waals surface area contributed by atoms with Gasteiger partial charge in [-0.2, -0.15) is 0 Å². The van der Waals surface area contributed by atoms with Crippen molar-refractivity contribution >= 4 is 5.97 Å². The largest absolute Gasteiger partial charge is 0.469 e. The zero-order valence-electron chi connectivity index (χ0n) is 8.16. The second kappa shape index (κ2) is 5.22. The van der Waals surface area contributed by atoms with Crippen LogP contribution in [0.25, 0.3) is 0 Å². The molecule has 0 spiro atoms.